The Balaban J connectivity index is 2.99. The van der Waals surface area contributed by atoms with E-state index in [2.05, 4.69) is 0 Å². The lowest BCUT2D eigenvalue weighted by molar-refractivity contribution is 0.0731. The van der Waals surface area contributed by atoms with Crippen LogP contribution in [0.5, 0.6) is 11.5 Å². The molecule has 0 fully saturated rings. The Morgan fingerprint density at radius 3 is 2.55 bits per heavy atom. The van der Waals surface area contributed by atoms with Crippen LogP contribution < -0.4 is 9.47 Å². The molecule has 0 aliphatic carbocycles. The zero-order chi connectivity index (χ0) is 15.1. The largest absolute Gasteiger partial charge is 0.493 e. The average Bonchev–Trinajstić information content (AvgIpc) is 2.43. The van der Waals surface area contributed by atoms with Gasteiger partial charge in [-0.05, 0) is 39.0 Å². The van der Waals surface area contributed by atoms with Crippen LogP contribution >= 0.6 is 0 Å². The highest BCUT2D eigenvalue weighted by atomic mass is 16.5. The number of likely N-dealkylation sites (N-methyl/N-ethyl adjacent to an activating group) is 1. The highest BCUT2D eigenvalue weighted by Gasteiger charge is 2.16. The number of hydrogen-bond acceptors (Lipinski definition) is 4. The fraction of sp³-hybridized carbons (Fsp3) is 0.533. The van der Waals surface area contributed by atoms with E-state index in [4.69, 9.17) is 14.6 Å². The number of rotatable bonds is 7. The molecule has 0 bridgehead atoms. The molecule has 0 atom stereocenters. The van der Waals surface area contributed by atoms with E-state index in [0.29, 0.717) is 30.2 Å². The van der Waals surface area contributed by atoms with Crippen LogP contribution in [0, 0.1) is 0 Å². The van der Waals surface area contributed by atoms with Gasteiger partial charge in [0, 0.05) is 18.7 Å². The summed E-state index contributed by atoms with van der Waals surface area (Å²) in [6.07, 6.45) is 0.0342. The second-order valence-corrected chi connectivity index (χ2v) is 4.64. The lowest BCUT2D eigenvalue weighted by atomic mass is 10.1. The van der Waals surface area contributed by atoms with Crippen LogP contribution in [0.1, 0.15) is 31.1 Å². The summed E-state index contributed by atoms with van der Waals surface area (Å²) < 4.78 is 10.9. The molecule has 1 aromatic rings. The second kappa shape index (κ2) is 7.75. The zero-order valence-corrected chi connectivity index (χ0v) is 12.5. The topological polar surface area (TPSA) is 59.0 Å². The van der Waals surface area contributed by atoms with E-state index in [0.717, 1.165) is 0 Å². The van der Waals surface area contributed by atoms with Gasteiger partial charge in [-0.3, -0.25) is 4.79 Å². The molecule has 5 nitrogen and oxygen atoms in total. The number of aliphatic hydroxyl groups is 1. The predicted molar refractivity (Wildman–Crippen MR) is 77.4 cm³/mol. The number of benzene rings is 1. The first-order chi connectivity index (χ1) is 9.53. The van der Waals surface area contributed by atoms with E-state index < -0.39 is 0 Å². The maximum Gasteiger partial charge on any atom is 0.254 e. The van der Waals surface area contributed by atoms with Crippen molar-refractivity contribution < 1.29 is 19.4 Å². The monoisotopic (exact) mass is 281 g/mol. The van der Waals surface area contributed by atoms with Crippen molar-refractivity contribution in [1.29, 1.82) is 0 Å². The smallest absolute Gasteiger partial charge is 0.254 e. The SMILES string of the molecule is CCN(CCO)C(=O)c1ccc(OC(C)C)c(OC)c1. The highest BCUT2D eigenvalue weighted by Crippen LogP contribution is 2.29. The first-order valence-corrected chi connectivity index (χ1v) is 6.78. The number of carbonyl (C=O) groups is 1. The van der Waals surface area contributed by atoms with Crippen molar-refractivity contribution in [1.82, 2.24) is 4.90 Å². The summed E-state index contributed by atoms with van der Waals surface area (Å²) >= 11 is 0. The number of amides is 1. The van der Waals surface area contributed by atoms with E-state index in [-0.39, 0.29) is 18.6 Å². The molecule has 0 unspecified atom stereocenters. The van der Waals surface area contributed by atoms with Gasteiger partial charge in [-0.2, -0.15) is 0 Å². The molecule has 0 radical (unpaired) electrons. The summed E-state index contributed by atoms with van der Waals surface area (Å²) in [5, 5.41) is 8.97. The van der Waals surface area contributed by atoms with Gasteiger partial charge in [-0.1, -0.05) is 0 Å². The molecule has 0 spiro atoms. The van der Waals surface area contributed by atoms with E-state index >= 15 is 0 Å². The summed E-state index contributed by atoms with van der Waals surface area (Å²) in [7, 11) is 1.54. The average molecular weight is 281 g/mol. The third-order valence-electron chi connectivity index (χ3n) is 2.81. The van der Waals surface area contributed by atoms with E-state index in [9.17, 15) is 4.79 Å². The lowest BCUT2D eigenvalue weighted by Crippen LogP contribution is -2.33. The van der Waals surface area contributed by atoms with E-state index in [1.807, 2.05) is 20.8 Å². The maximum atomic E-state index is 12.3. The molecule has 1 N–H and O–H groups in total. The number of nitrogens with zero attached hydrogens (tertiary/aromatic N) is 1. The quantitative estimate of drug-likeness (QED) is 0.829. The van der Waals surface area contributed by atoms with Gasteiger partial charge in [-0.25, -0.2) is 0 Å². The van der Waals surface area contributed by atoms with Gasteiger partial charge < -0.3 is 19.5 Å². The first-order valence-electron chi connectivity index (χ1n) is 6.78. The van der Waals surface area contributed by atoms with Gasteiger partial charge in [0.05, 0.1) is 19.8 Å². The number of ether oxygens (including phenoxy) is 2. The summed E-state index contributed by atoms with van der Waals surface area (Å²) in [4.78, 5) is 13.9. The second-order valence-electron chi connectivity index (χ2n) is 4.64. The highest BCUT2D eigenvalue weighted by molar-refractivity contribution is 5.94. The minimum atomic E-state index is -0.129. The molecular formula is C15H23NO4. The normalized spacial score (nSPS) is 10.5. The van der Waals surface area contributed by atoms with Gasteiger partial charge in [0.25, 0.3) is 5.91 Å². The molecule has 1 amide bonds. The zero-order valence-electron chi connectivity index (χ0n) is 12.5. The fourth-order valence-corrected chi connectivity index (χ4v) is 1.86. The molecular weight excluding hydrogens is 258 g/mol. The van der Waals surface area contributed by atoms with Crippen molar-refractivity contribution in [3.63, 3.8) is 0 Å². The molecule has 5 heteroatoms. The maximum absolute atomic E-state index is 12.3. The number of methoxy groups -OCH3 is 1. The lowest BCUT2D eigenvalue weighted by Gasteiger charge is -2.20. The summed E-state index contributed by atoms with van der Waals surface area (Å²) in [6, 6.07) is 5.11. The van der Waals surface area contributed by atoms with Crippen LogP contribution in [0.4, 0.5) is 0 Å². The molecule has 0 aromatic heterocycles. The Labute approximate surface area is 120 Å². The molecule has 1 aromatic carbocycles. The van der Waals surface area contributed by atoms with Gasteiger partial charge in [0.2, 0.25) is 0 Å². The van der Waals surface area contributed by atoms with Crippen molar-refractivity contribution >= 4 is 5.91 Å². The van der Waals surface area contributed by atoms with Crippen LogP contribution in [0.3, 0.4) is 0 Å². The van der Waals surface area contributed by atoms with Gasteiger partial charge in [-0.15, -0.1) is 0 Å². The van der Waals surface area contributed by atoms with E-state index in [1.54, 1.807) is 30.2 Å². The van der Waals surface area contributed by atoms with Crippen molar-refractivity contribution in [2.75, 3.05) is 26.8 Å². The summed E-state index contributed by atoms with van der Waals surface area (Å²) in [6.45, 7) is 6.55. The number of hydrogen-bond donors (Lipinski definition) is 1. The Morgan fingerprint density at radius 2 is 2.05 bits per heavy atom. The molecule has 0 aliphatic rings. The Kier molecular flexibility index (Phi) is 6.31. The van der Waals surface area contributed by atoms with Crippen LogP contribution in [0.2, 0.25) is 0 Å². The van der Waals surface area contributed by atoms with Crippen molar-refractivity contribution in [3.8, 4) is 11.5 Å². The Bertz CT molecular complexity index is 445. The molecule has 20 heavy (non-hydrogen) atoms. The van der Waals surface area contributed by atoms with Crippen molar-refractivity contribution in [3.05, 3.63) is 23.8 Å². The minimum absolute atomic E-state index is 0.0342. The number of aliphatic hydroxyl groups excluding tert-OH is 1. The number of carbonyl (C=O) groups excluding carboxylic acids is 1. The standard InChI is InChI=1S/C15H23NO4/c1-5-16(8-9-17)15(18)12-6-7-13(20-11(2)3)14(10-12)19-4/h6-7,10-11,17H,5,8-9H2,1-4H3. The van der Waals surface area contributed by atoms with Crippen LogP contribution in [-0.2, 0) is 0 Å². The van der Waals surface area contributed by atoms with Gasteiger partial charge in [0.1, 0.15) is 0 Å². The third kappa shape index (κ3) is 4.13. The third-order valence-corrected chi connectivity index (χ3v) is 2.81. The molecule has 112 valence electrons. The summed E-state index contributed by atoms with van der Waals surface area (Å²) in [5.41, 5.74) is 0.522. The van der Waals surface area contributed by atoms with Crippen LogP contribution in [0.25, 0.3) is 0 Å². The molecule has 0 heterocycles. The molecule has 0 aliphatic heterocycles. The van der Waals surface area contributed by atoms with Crippen LogP contribution in [0.15, 0.2) is 18.2 Å². The van der Waals surface area contributed by atoms with Gasteiger partial charge in [0.15, 0.2) is 11.5 Å². The summed E-state index contributed by atoms with van der Waals surface area (Å²) in [5.74, 6) is 1.02. The Hall–Kier alpha value is -1.75. The van der Waals surface area contributed by atoms with Crippen LogP contribution in [-0.4, -0.2) is 48.8 Å². The first kappa shape index (κ1) is 16.3. The molecule has 0 saturated carbocycles. The Morgan fingerprint density at radius 1 is 1.35 bits per heavy atom. The van der Waals surface area contributed by atoms with E-state index in [1.165, 1.54) is 0 Å². The predicted octanol–water partition coefficient (Wildman–Crippen LogP) is 1.94. The van der Waals surface area contributed by atoms with Crippen molar-refractivity contribution in [2.24, 2.45) is 0 Å². The van der Waals surface area contributed by atoms with Gasteiger partial charge >= 0.3 is 0 Å². The fourth-order valence-electron chi connectivity index (χ4n) is 1.86. The molecule has 0 saturated heterocycles. The minimum Gasteiger partial charge on any atom is -0.493 e. The van der Waals surface area contributed by atoms with Crippen molar-refractivity contribution in [2.45, 2.75) is 26.9 Å². The molecule has 1 rings (SSSR count).